The van der Waals surface area contributed by atoms with Gasteiger partial charge in [-0.15, -0.1) is 0 Å². The zero-order valence-corrected chi connectivity index (χ0v) is 33.3. The number of benzene rings is 4. The van der Waals surface area contributed by atoms with Crippen molar-refractivity contribution in [3.8, 4) is 23.0 Å². The molecule has 1 aromatic heterocycles. The van der Waals surface area contributed by atoms with Gasteiger partial charge in [0.2, 0.25) is 10.0 Å². The normalized spacial score (nSPS) is 14.5. The molecule has 2 heterocycles. The van der Waals surface area contributed by atoms with E-state index < -0.39 is 16.1 Å². The number of hydrogen-bond acceptors (Lipinski definition) is 10. The number of rotatable bonds is 12. The largest absolute Gasteiger partial charge is 0.496 e. The number of hydrogen-bond donors (Lipinski definition) is 5. The Hall–Kier alpha value is -6.06. The van der Waals surface area contributed by atoms with E-state index in [-0.39, 0.29) is 28.8 Å². The minimum Gasteiger partial charge on any atom is -0.496 e. The van der Waals surface area contributed by atoms with Gasteiger partial charge in [-0.3, -0.25) is 9.52 Å². The molecule has 1 aliphatic heterocycles. The van der Waals surface area contributed by atoms with E-state index in [0.29, 0.717) is 45.7 Å². The van der Waals surface area contributed by atoms with E-state index in [1.165, 1.54) is 14.2 Å². The van der Waals surface area contributed by atoms with E-state index in [1.54, 1.807) is 60.8 Å². The average Bonchev–Trinajstić information content (AvgIpc) is 3.55. The van der Waals surface area contributed by atoms with Gasteiger partial charge in [0.05, 0.1) is 43.1 Å². The first-order chi connectivity index (χ1) is 26.6. The van der Waals surface area contributed by atoms with Crippen LogP contribution in [0.4, 0.5) is 33.4 Å². The molecule has 294 valence electrons. The summed E-state index contributed by atoms with van der Waals surface area (Å²) < 4.78 is 44.3. The number of anilines is 5. The number of methoxy groups -OCH3 is 2. The Morgan fingerprint density at radius 1 is 0.857 bits per heavy atom. The monoisotopic (exact) mass is 781 g/mol. The Labute approximate surface area is 327 Å². The van der Waals surface area contributed by atoms with Gasteiger partial charge in [0.25, 0.3) is 5.91 Å². The highest BCUT2D eigenvalue weighted by atomic mass is 32.2. The van der Waals surface area contributed by atoms with Crippen LogP contribution in [-0.2, 0) is 15.4 Å². The van der Waals surface area contributed by atoms with Crippen molar-refractivity contribution in [2.24, 2.45) is 0 Å². The number of carbonyl (C=O) groups excluding carboxylic acids is 2. The zero-order chi connectivity index (χ0) is 40.2. The van der Waals surface area contributed by atoms with Crippen molar-refractivity contribution < 1.29 is 32.2 Å². The molecule has 14 nitrogen and oxygen atoms in total. The molecule has 1 fully saturated rings. The molecule has 15 heteroatoms. The van der Waals surface area contributed by atoms with Gasteiger partial charge in [0.15, 0.2) is 5.75 Å². The number of aromatic nitrogens is 1. The molecule has 56 heavy (non-hydrogen) atoms. The molecule has 0 bridgehead atoms. The lowest BCUT2D eigenvalue weighted by Gasteiger charge is -2.24. The van der Waals surface area contributed by atoms with Crippen molar-refractivity contribution in [3.63, 3.8) is 0 Å². The van der Waals surface area contributed by atoms with E-state index >= 15 is 0 Å². The number of likely N-dealkylation sites (N-methyl/N-ethyl adjacent to an activating group) is 1. The van der Waals surface area contributed by atoms with Crippen molar-refractivity contribution in [2.75, 3.05) is 61.3 Å². The maximum atomic E-state index is 13.5. The summed E-state index contributed by atoms with van der Waals surface area (Å²) in [7, 11) is 1.33. The second-order valence-corrected chi connectivity index (χ2v) is 16.5. The van der Waals surface area contributed by atoms with Crippen molar-refractivity contribution in [3.05, 3.63) is 96.2 Å². The highest BCUT2D eigenvalue weighted by Gasteiger charge is 2.24. The number of urea groups is 1. The minimum absolute atomic E-state index is 0.0980. The maximum absolute atomic E-state index is 13.5. The fourth-order valence-electron chi connectivity index (χ4n) is 6.49. The van der Waals surface area contributed by atoms with Gasteiger partial charge in [-0.2, -0.15) is 0 Å². The van der Waals surface area contributed by atoms with Crippen molar-refractivity contribution in [1.29, 1.82) is 0 Å². The summed E-state index contributed by atoms with van der Waals surface area (Å²) in [5.74, 6) is 2.00. The predicted molar refractivity (Wildman–Crippen MR) is 221 cm³/mol. The summed E-state index contributed by atoms with van der Waals surface area (Å²) in [6.07, 6.45) is 3.58. The summed E-state index contributed by atoms with van der Waals surface area (Å²) in [4.78, 5) is 33.2. The van der Waals surface area contributed by atoms with Gasteiger partial charge in [0.1, 0.15) is 23.1 Å². The van der Waals surface area contributed by atoms with Crippen LogP contribution in [0.15, 0.2) is 85.1 Å². The average molecular weight is 782 g/mol. The van der Waals surface area contributed by atoms with Crippen LogP contribution in [0.3, 0.4) is 0 Å². The van der Waals surface area contributed by atoms with E-state index in [9.17, 15) is 18.0 Å². The van der Waals surface area contributed by atoms with Crippen molar-refractivity contribution in [1.82, 2.24) is 15.2 Å². The molecule has 0 aliphatic carbocycles. The molecule has 0 unspecified atom stereocenters. The SMILES string of the molecule is COc1cc(Nc2cc(Oc3ccc(NC(=O)Nc4cc(C(C)(C)C)cc(NS(C)(=O)=O)c4OC)c4ccccc34)ccn2)ccc1C(=O)N[C@@H]1CCN(C)C1. The van der Waals surface area contributed by atoms with Crippen LogP contribution in [0, 0.1) is 0 Å². The van der Waals surface area contributed by atoms with Gasteiger partial charge in [-0.1, -0.05) is 45.0 Å². The molecule has 0 radical (unpaired) electrons. The van der Waals surface area contributed by atoms with Crippen LogP contribution >= 0.6 is 0 Å². The second-order valence-electron chi connectivity index (χ2n) is 14.7. The zero-order valence-electron chi connectivity index (χ0n) is 32.4. The van der Waals surface area contributed by atoms with Gasteiger partial charge in [-0.05, 0) is 73.5 Å². The molecule has 0 saturated carbocycles. The molecule has 0 spiro atoms. The third kappa shape index (κ3) is 9.59. The van der Waals surface area contributed by atoms with Crippen LogP contribution in [0.1, 0.15) is 43.1 Å². The Kier molecular flexibility index (Phi) is 11.6. The Bertz CT molecular complexity index is 2380. The Morgan fingerprint density at radius 3 is 2.27 bits per heavy atom. The van der Waals surface area contributed by atoms with E-state index in [0.717, 1.165) is 42.1 Å². The van der Waals surface area contributed by atoms with Gasteiger partial charge >= 0.3 is 6.03 Å². The smallest absolute Gasteiger partial charge is 0.323 e. The molecule has 4 aromatic carbocycles. The molecule has 1 aliphatic rings. The first kappa shape index (κ1) is 39.6. The fraction of sp³-hybridized carbons (Fsp3) is 0.293. The maximum Gasteiger partial charge on any atom is 0.323 e. The fourth-order valence-corrected chi connectivity index (χ4v) is 7.04. The van der Waals surface area contributed by atoms with Crippen molar-refractivity contribution in [2.45, 2.75) is 38.6 Å². The third-order valence-electron chi connectivity index (χ3n) is 9.24. The van der Waals surface area contributed by atoms with Gasteiger partial charge in [-0.25, -0.2) is 18.2 Å². The van der Waals surface area contributed by atoms with Crippen LogP contribution in [-0.4, -0.2) is 76.9 Å². The Morgan fingerprint density at radius 2 is 1.59 bits per heavy atom. The molecule has 1 saturated heterocycles. The van der Waals surface area contributed by atoms with E-state index in [1.807, 2.05) is 52.1 Å². The second kappa shape index (κ2) is 16.4. The number of amides is 3. The summed E-state index contributed by atoms with van der Waals surface area (Å²) in [5, 5.41) is 13.6. The van der Waals surface area contributed by atoms with E-state index in [2.05, 4.69) is 35.9 Å². The van der Waals surface area contributed by atoms with Gasteiger partial charge < -0.3 is 40.4 Å². The molecular weight excluding hydrogens is 735 g/mol. The standard InChI is InChI=1S/C41H47N7O7S/c1-41(2,3)25-20-33(38(54-6)34(21-25)47-56(7,51)52)46-40(50)45-32-14-15-35(30-11-9-8-10-29(30)32)55-28-16-18-42-37(23-28)43-26-12-13-31(36(22-26)53-5)39(49)44-27-17-19-48(4)24-27/h8-16,18,20-23,27,47H,17,19,24H2,1-7H3,(H,42,43)(H,44,49)(H2,45,46,50)/t27-/m1/s1. The topological polar surface area (TPSA) is 172 Å². The number of likely N-dealkylation sites (tertiary alicyclic amines) is 1. The molecule has 6 rings (SSSR count). The van der Waals surface area contributed by atoms with Crippen LogP contribution < -0.4 is 40.2 Å². The number of nitrogens with zero attached hydrogens (tertiary/aromatic N) is 2. The predicted octanol–water partition coefficient (Wildman–Crippen LogP) is 7.53. The number of nitrogens with one attached hydrogen (secondary N) is 5. The molecule has 3 amide bonds. The van der Waals surface area contributed by atoms with Gasteiger partial charge in [0, 0.05) is 47.4 Å². The summed E-state index contributed by atoms with van der Waals surface area (Å²) >= 11 is 0. The van der Waals surface area contributed by atoms with Crippen LogP contribution in [0.25, 0.3) is 10.8 Å². The lowest BCUT2D eigenvalue weighted by molar-refractivity contribution is 0.0935. The van der Waals surface area contributed by atoms with Crippen LogP contribution in [0.2, 0.25) is 0 Å². The third-order valence-corrected chi connectivity index (χ3v) is 9.83. The summed E-state index contributed by atoms with van der Waals surface area (Å²) in [6.45, 7) is 7.71. The number of carbonyl (C=O) groups is 2. The molecule has 5 N–H and O–H groups in total. The van der Waals surface area contributed by atoms with Crippen molar-refractivity contribution >= 4 is 61.3 Å². The quantitative estimate of drug-likeness (QED) is 0.0852. The number of ether oxygens (including phenoxy) is 3. The minimum atomic E-state index is -3.64. The number of sulfonamides is 1. The Balaban J connectivity index is 1.18. The summed E-state index contributed by atoms with van der Waals surface area (Å²) in [5.41, 5.74) is 2.57. The first-order valence-electron chi connectivity index (χ1n) is 18.0. The number of fused-ring (bicyclic) bond motifs is 1. The highest BCUT2D eigenvalue weighted by molar-refractivity contribution is 7.92. The van der Waals surface area contributed by atoms with E-state index in [4.69, 9.17) is 14.2 Å². The summed E-state index contributed by atoms with van der Waals surface area (Å²) in [6, 6.07) is 22.8. The van der Waals surface area contributed by atoms with Crippen LogP contribution in [0.5, 0.6) is 23.0 Å². The molecular formula is C41H47N7O7S. The highest BCUT2D eigenvalue weighted by Crippen LogP contribution is 2.40. The first-order valence-corrected chi connectivity index (χ1v) is 19.9. The molecule has 1 atom stereocenters. The lowest BCUT2D eigenvalue weighted by atomic mass is 9.86. The number of pyridine rings is 1. The lowest BCUT2D eigenvalue weighted by Crippen LogP contribution is -2.36. The molecule has 5 aromatic rings.